The van der Waals surface area contributed by atoms with Gasteiger partial charge in [-0.05, 0) is 73.9 Å². The fourth-order valence-corrected chi connectivity index (χ4v) is 6.18. The van der Waals surface area contributed by atoms with E-state index in [0.29, 0.717) is 11.3 Å². The maximum absolute atomic E-state index is 14.3. The van der Waals surface area contributed by atoms with Crippen molar-refractivity contribution < 1.29 is 22.4 Å². The summed E-state index contributed by atoms with van der Waals surface area (Å²) in [5.41, 5.74) is 2.57. The molecular formula is C34H36FN3O4S. The van der Waals surface area contributed by atoms with Crippen molar-refractivity contribution in [1.29, 1.82) is 0 Å². The first-order valence-electron chi connectivity index (χ1n) is 14.1. The van der Waals surface area contributed by atoms with Gasteiger partial charge >= 0.3 is 0 Å². The number of rotatable bonds is 12. The molecule has 0 saturated carbocycles. The molecule has 0 heterocycles. The largest absolute Gasteiger partial charge is 0.352 e. The molecule has 1 atom stereocenters. The molecule has 0 spiro atoms. The lowest BCUT2D eigenvalue weighted by Gasteiger charge is -2.34. The molecule has 4 aromatic carbocycles. The first kappa shape index (κ1) is 31.4. The molecule has 7 nitrogen and oxygen atoms in total. The van der Waals surface area contributed by atoms with Gasteiger partial charge in [-0.15, -0.1) is 0 Å². The van der Waals surface area contributed by atoms with Gasteiger partial charge in [0.2, 0.25) is 11.8 Å². The predicted octanol–water partition coefficient (Wildman–Crippen LogP) is 5.49. The van der Waals surface area contributed by atoms with Crippen LogP contribution in [0, 0.1) is 12.7 Å². The van der Waals surface area contributed by atoms with Crippen molar-refractivity contribution in [2.45, 2.75) is 50.7 Å². The van der Waals surface area contributed by atoms with Crippen LogP contribution in [0.5, 0.6) is 0 Å². The summed E-state index contributed by atoms with van der Waals surface area (Å²) in [5.74, 6) is -1.38. The van der Waals surface area contributed by atoms with Gasteiger partial charge < -0.3 is 10.2 Å². The van der Waals surface area contributed by atoms with E-state index in [0.717, 1.165) is 15.4 Å². The van der Waals surface area contributed by atoms with Crippen LogP contribution in [0.15, 0.2) is 114 Å². The van der Waals surface area contributed by atoms with Gasteiger partial charge in [-0.3, -0.25) is 13.9 Å². The molecule has 224 valence electrons. The van der Waals surface area contributed by atoms with E-state index >= 15 is 0 Å². The second kappa shape index (κ2) is 14.1. The van der Waals surface area contributed by atoms with Crippen LogP contribution >= 0.6 is 0 Å². The minimum absolute atomic E-state index is 0.0326. The summed E-state index contributed by atoms with van der Waals surface area (Å²) in [4.78, 5) is 29.4. The molecular weight excluding hydrogens is 565 g/mol. The second-order valence-corrected chi connectivity index (χ2v) is 12.5. The van der Waals surface area contributed by atoms with Gasteiger partial charge in [0.1, 0.15) is 18.4 Å². The maximum atomic E-state index is 14.3. The van der Waals surface area contributed by atoms with Crippen LogP contribution in [0.25, 0.3) is 0 Å². The van der Waals surface area contributed by atoms with Crippen molar-refractivity contribution in [2.75, 3.05) is 10.8 Å². The van der Waals surface area contributed by atoms with E-state index in [1.54, 1.807) is 48.5 Å². The van der Waals surface area contributed by atoms with E-state index in [2.05, 4.69) is 5.32 Å². The van der Waals surface area contributed by atoms with Crippen LogP contribution in [-0.4, -0.2) is 43.8 Å². The predicted molar refractivity (Wildman–Crippen MR) is 166 cm³/mol. The number of hydrogen-bond acceptors (Lipinski definition) is 4. The number of anilines is 1. The van der Waals surface area contributed by atoms with Crippen molar-refractivity contribution >= 4 is 27.5 Å². The second-order valence-electron chi connectivity index (χ2n) is 10.7. The third-order valence-corrected chi connectivity index (χ3v) is 8.66. The minimum Gasteiger partial charge on any atom is -0.352 e. The Balaban J connectivity index is 1.80. The standard InChI is InChI=1S/C34H36FN3O4S/c1-25(2)36-34(40)32(22-27-12-6-4-7-13-27)37(23-28-17-19-29(35)20-18-28)33(39)24-38(30-14-10-11-26(3)21-30)43(41,42)31-15-8-5-9-16-31/h4-21,25,32H,22-24H2,1-3H3,(H,36,40). The Morgan fingerprint density at radius 1 is 0.814 bits per heavy atom. The van der Waals surface area contributed by atoms with Crippen LogP contribution in [0.1, 0.15) is 30.5 Å². The average Bonchev–Trinajstić information content (AvgIpc) is 2.99. The van der Waals surface area contributed by atoms with Crippen LogP contribution in [0.2, 0.25) is 0 Å². The summed E-state index contributed by atoms with van der Waals surface area (Å²) >= 11 is 0. The highest BCUT2D eigenvalue weighted by atomic mass is 32.2. The molecule has 0 aromatic heterocycles. The molecule has 1 unspecified atom stereocenters. The van der Waals surface area contributed by atoms with Crippen LogP contribution in [0.4, 0.5) is 10.1 Å². The zero-order chi connectivity index (χ0) is 31.0. The normalized spacial score (nSPS) is 12.0. The number of carbonyl (C=O) groups is 2. The number of amides is 2. The van der Waals surface area contributed by atoms with E-state index in [1.807, 2.05) is 57.2 Å². The zero-order valence-electron chi connectivity index (χ0n) is 24.5. The quantitative estimate of drug-likeness (QED) is 0.233. The van der Waals surface area contributed by atoms with E-state index < -0.39 is 34.3 Å². The summed E-state index contributed by atoms with van der Waals surface area (Å²) in [7, 11) is -4.17. The van der Waals surface area contributed by atoms with Gasteiger partial charge in [0.05, 0.1) is 10.6 Å². The molecule has 0 saturated heterocycles. The Kier molecular flexibility index (Phi) is 10.3. The maximum Gasteiger partial charge on any atom is 0.264 e. The minimum atomic E-state index is -4.17. The SMILES string of the molecule is Cc1cccc(N(CC(=O)N(Cc2ccc(F)cc2)C(Cc2ccccc2)C(=O)NC(C)C)S(=O)(=O)c2ccccc2)c1. The Labute approximate surface area is 253 Å². The first-order chi connectivity index (χ1) is 20.5. The Bertz CT molecular complexity index is 1630. The number of aryl methyl sites for hydroxylation is 1. The van der Waals surface area contributed by atoms with Gasteiger partial charge in [0, 0.05) is 19.0 Å². The highest BCUT2D eigenvalue weighted by Gasteiger charge is 2.34. The van der Waals surface area contributed by atoms with Gasteiger partial charge in [-0.1, -0.05) is 72.8 Å². The molecule has 43 heavy (non-hydrogen) atoms. The first-order valence-corrected chi connectivity index (χ1v) is 15.5. The molecule has 2 amide bonds. The smallest absolute Gasteiger partial charge is 0.264 e. The van der Waals surface area contributed by atoms with Gasteiger partial charge in [-0.2, -0.15) is 0 Å². The third-order valence-electron chi connectivity index (χ3n) is 6.87. The lowest BCUT2D eigenvalue weighted by Crippen LogP contribution is -2.54. The molecule has 9 heteroatoms. The highest BCUT2D eigenvalue weighted by Crippen LogP contribution is 2.26. The molecule has 0 aliphatic rings. The summed E-state index contributed by atoms with van der Waals surface area (Å²) in [6.45, 7) is 4.91. The zero-order valence-corrected chi connectivity index (χ0v) is 25.3. The summed E-state index contributed by atoms with van der Waals surface area (Å²) in [6, 6.07) is 28.6. The molecule has 0 fully saturated rings. The van der Waals surface area contributed by atoms with E-state index in [9.17, 15) is 22.4 Å². The van der Waals surface area contributed by atoms with Crippen molar-refractivity contribution in [1.82, 2.24) is 10.2 Å². The average molecular weight is 602 g/mol. The fraction of sp³-hybridized carbons (Fsp3) is 0.235. The molecule has 4 aromatic rings. The lowest BCUT2D eigenvalue weighted by molar-refractivity contribution is -0.140. The topological polar surface area (TPSA) is 86.8 Å². The van der Waals surface area contributed by atoms with Crippen molar-refractivity contribution in [2.24, 2.45) is 0 Å². The number of sulfonamides is 1. The molecule has 0 bridgehead atoms. The Morgan fingerprint density at radius 2 is 1.44 bits per heavy atom. The van der Waals surface area contributed by atoms with E-state index in [1.165, 1.54) is 29.2 Å². The van der Waals surface area contributed by atoms with Gasteiger partial charge in [0.15, 0.2) is 0 Å². The van der Waals surface area contributed by atoms with Crippen molar-refractivity contribution in [3.63, 3.8) is 0 Å². The lowest BCUT2D eigenvalue weighted by atomic mass is 10.0. The number of benzene rings is 4. The molecule has 0 aliphatic heterocycles. The summed E-state index contributed by atoms with van der Waals surface area (Å²) in [6.07, 6.45) is 0.197. The molecule has 0 aliphatic carbocycles. The van der Waals surface area contributed by atoms with E-state index in [4.69, 9.17) is 0 Å². The number of hydrogen-bond donors (Lipinski definition) is 1. The van der Waals surface area contributed by atoms with Crippen LogP contribution < -0.4 is 9.62 Å². The van der Waals surface area contributed by atoms with Gasteiger partial charge in [-0.25, -0.2) is 12.8 Å². The highest BCUT2D eigenvalue weighted by molar-refractivity contribution is 7.92. The number of halogens is 1. The Hall–Kier alpha value is -4.50. The van der Waals surface area contributed by atoms with Crippen molar-refractivity contribution in [3.05, 3.63) is 132 Å². The third kappa shape index (κ3) is 8.29. The van der Waals surface area contributed by atoms with Gasteiger partial charge in [0.25, 0.3) is 10.0 Å². The van der Waals surface area contributed by atoms with E-state index in [-0.39, 0.29) is 29.8 Å². The number of carbonyl (C=O) groups excluding carboxylic acids is 2. The monoisotopic (exact) mass is 601 g/mol. The molecule has 4 rings (SSSR count). The summed E-state index contributed by atoms with van der Waals surface area (Å²) < 4.78 is 42.8. The summed E-state index contributed by atoms with van der Waals surface area (Å²) in [5, 5.41) is 2.92. The molecule has 1 N–H and O–H groups in total. The molecule has 0 radical (unpaired) electrons. The number of nitrogens with zero attached hydrogens (tertiary/aromatic N) is 2. The van der Waals surface area contributed by atoms with Crippen LogP contribution in [-0.2, 0) is 32.6 Å². The van der Waals surface area contributed by atoms with Crippen molar-refractivity contribution in [3.8, 4) is 0 Å². The number of nitrogens with one attached hydrogen (secondary N) is 1. The Morgan fingerprint density at radius 3 is 2.05 bits per heavy atom. The van der Waals surface area contributed by atoms with Crippen LogP contribution in [0.3, 0.4) is 0 Å². The fourth-order valence-electron chi connectivity index (χ4n) is 4.75.